The Labute approximate surface area is 147 Å². The van der Waals surface area contributed by atoms with Gasteiger partial charge in [-0.15, -0.1) is 0 Å². The van der Waals surface area contributed by atoms with Crippen molar-refractivity contribution in [2.45, 2.75) is 26.4 Å². The third kappa shape index (κ3) is 6.50. The van der Waals surface area contributed by atoms with Gasteiger partial charge in [0.2, 0.25) is 0 Å². The molecule has 5 heteroatoms. The molecule has 0 saturated heterocycles. The van der Waals surface area contributed by atoms with Crippen molar-refractivity contribution in [3.8, 4) is 11.5 Å². The van der Waals surface area contributed by atoms with Gasteiger partial charge in [-0.3, -0.25) is 4.79 Å². The molecule has 24 heavy (non-hydrogen) atoms. The van der Waals surface area contributed by atoms with Gasteiger partial charge in [-0.05, 0) is 62.2 Å². The number of halogens is 1. The zero-order valence-corrected chi connectivity index (χ0v) is 14.7. The molecule has 0 heterocycles. The van der Waals surface area contributed by atoms with Crippen LogP contribution in [0.5, 0.6) is 11.5 Å². The van der Waals surface area contributed by atoms with E-state index in [-0.39, 0.29) is 18.6 Å². The quantitative estimate of drug-likeness (QED) is 0.788. The molecule has 2 rings (SSSR count). The lowest BCUT2D eigenvalue weighted by atomic mass is 10.1. The van der Waals surface area contributed by atoms with Crippen molar-refractivity contribution < 1.29 is 14.3 Å². The number of hydrogen-bond acceptors (Lipinski definition) is 3. The highest BCUT2D eigenvalue weighted by atomic mass is 35.5. The van der Waals surface area contributed by atoms with Gasteiger partial charge in [0, 0.05) is 11.6 Å². The molecule has 0 aliphatic rings. The van der Waals surface area contributed by atoms with Gasteiger partial charge in [0.1, 0.15) is 11.5 Å². The minimum atomic E-state index is -0.148. The van der Waals surface area contributed by atoms with Crippen LogP contribution in [0.15, 0.2) is 48.5 Å². The Kier molecular flexibility index (Phi) is 6.94. The topological polar surface area (TPSA) is 47.6 Å². The second-order valence-electron chi connectivity index (χ2n) is 5.65. The van der Waals surface area contributed by atoms with E-state index in [4.69, 9.17) is 21.1 Å². The molecule has 0 fully saturated rings. The summed E-state index contributed by atoms with van der Waals surface area (Å²) in [6.07, 6.45) is 0.921. The smallest absolute Gasteiger partial charge is 0.257 e. The van der Waals surface area contributed by atoms with Crippen LogP contribution in [0.1, 0.15) is 19.4 Å². The largest absolute Gasteiger partial charge is 0.491 e. The summed E-state index contributed by atoms with van der Waals surface area (Å²) in [5, 5.41) is 3.47. The highest BCUT2D eigenvalue weighted by Crippen LogP contribution is 2.15. The van der Waals surface area contributed by atoms with Crippen LogP contribution in [0.2, 0.25) is 5.02 Å². The number of benzene rings is 2. The molecule has 2 aromatic carbocycles. The van der Waals surface area contributed by atoms with Crippen molar-refractivity contribution in [2.75, 3.05) is 13.2 Å². The number of rotatable bonds is 8. The van der Waals surface area contributed by atoms with Crippen LogP contribution >= 0.6 is 11.6 Å². The monoisotopic (exact) mass is 347 g/mol. The van der Waals surface area contributed by atoms with E-state index in [9.17, 15) is 4.79 Å². The summed E-state index contributed by atoms with van der Waals surface area (Å²) >= 11 is 5.79. The molecule has 1 N–H and O–H groups in total. The van der Waals surface area contributed by atoms with E-state index < -0.39 is 0 Å². The molecule has 0 radical (unpaired) electrons. The number of nitrogens with one attached hydrogen (secondary N) is 1. The highest BCUT2D eigenvalue weighted by molar-refractivity contribution is 6.30. The molecule has 0 bridgehead atoms. The van der Waals surface area contributed by atoms with E-state index in [0.29, 0.717) is 17.3 Å². The van der Waals surface area contributed by atoms with Crippen molar-refractivity contribution in [2.24, 2.45) is 0 Å². The number of amides is 1. The van der Waals surface area contributed by atoms with E-state index in [2.05, 4.69) is 5.32 Å². The van der Waals surface area contributed by atoms with Crippen molar-refractivity contribution in [1.29, 1.82) is 0 Å². The molecule has 2 aromatic rings. The lowest BCUT2D eigenvalue weighted by Crippen LogP contribution is -2.30. The second kappa shape index (κ2) is 9.18. The van der Waals surface area contributed by atoms with Crippen LogP contribution in [-0.2, 0) is 11.2 Å². The normalized spacial score (nSPS) is 10.5. The van der Waals surface area contributed by atoms with E-state index in [0.717, 1.165) is 17.7 Å². The number of carbonyl (C=O) groups is 1. The Balaban J connectivity index is 1.67. The van der Waals surface area contributed by atoms with Crippen molar-refractivity contribution in [1.82, 2.24) is 5.32 Å². The first-order valence-corrected chi connectivity index (χ1v) is 8.31. The first-order chi connectivity index (χ1) is 11.5. The fourth-order valence-electron chi connectivity index (χ4n) is 2.08. The van der Waals surface area contributed by atoms with Crippen LogP contribution in [0, 0.1) is 0 Å². The van der Waals surface area contributed by atoms with Gasteiger partial charge in [0.05, 0.1) is 6.10 Å². The first kappa shape index (κ1) is 18.1. The minimum absolute atomic E-state index is 0.0111. The molecule has 0 unspecified atom stereocenters. The molecule has 0 atom stereocenters. The van der Waals surface area contributed by atoms with Crippen LogP contribution in [0.25, 0.3) is 0 Å². The maximum absolute atomic E-state index is 11.8. The van der Waals surface area contributed by atoms with E-state index >= 15 is 0 Å². The molecular weight excluding hydrogens is 326 g/mol. The predicted molar refractivity (Wildman–Crippen MR) is 95.9 cm³/mol. The summed E-state index contributed by atoms with van der Waals surface area (Å²) in [7, 11) is 0. The predicted octanol–water partition coefficient (Wildman–Crippen LogP) is 3.86. The van der Waals surface area contributed by atoms with Gasteiger partial charge in [-0.2, -0.15) is 0 Å². The number of hydrogen-bond donors (Lipinski definition) is 1. The van der Waals surface area contributed by atoms with Gasteiger partial charge < -0.3 is 14.8 Å². The molecule has 128 valence electrons. The summed E-state index contributed by atoms with van der Waals surface area (Å²) in [5.41, 5.74) is 1.14. The van der Waals surface area contributed by atoms with Crippen molar-refractivity contribution >= 4 is 17.5 Å². The Morgan fingerprint density at radius 2 is 1.67 bits per heavy atom. The van der Waals surface area contributed by atoms with Crippen LogP contribution < -0.4 is 14.8 Å². The van der Waals surface area contributed by atoms with Crippen molar-refractivity contribution in [3.63, 3.8) is 0 Å². The number of ether oxygens (including phenoxy) is 2. The first-order valence-electron chi connectivity index (χ1n) is 7.93. The van der Waals surface area contributed by atoms with Gasteiger partial charge in [-0.25, -0.2) is 0 Å². The molecule has 1 amide bonds. The maximum atomic E-state index is 11.8. The van der Waals surface area contributed by atoms with Crippen molar-refractivity contribution in [3.05, 3.63) is 59.1 Å². The Bertz CT molecular complexity index is 639. The molecule has 0 saturated carbocycles. The highest BCUT2D eigenvalue weighted by Gasteiger charge is 2.03. The average Bonchev–Trinajstić information content (AvgIpc) is 2.55. The maximum Gasteiger partial charge on any atom is 0.257 e. The lowest BCUT2D eigenvalue weighted by molar-refractivity contribution is -0.123. The van der Waals surface area contributed by atoms with Gasteiger partial charge >= 0.3 is 0 Å². The van der Waals surface area contributed by atoms with Gasteiger partial charge in [-0.1, -0.05) is 23.7 Å². The van der Waals surface area contributed by atoms with E-state index in [1.54, 1.807) is 24.3 Å². The lowest BCUT2D eigenvalue weighted by Gasteiger charge is -2.10. The SMILES string of the molecule is CC(C)Oc1ccc(CCNC(=O)COc2ccc(Cl)cc2)cc1. The third-order valence-corrected chi connectivity index (χ3v) is 3.47. The molecule has 0 aliphatic heterocycles. The summed E-state index contributed by atoms with van der Waals surface area (Å²) in [4.78, 5) is 11.8. The summed E-state index contributed by atoms with van der Waals surface area (Å²) in [5.74, 6) is 1.33. The Hall–Kier alpha value is -2.20. The molecular formula is C19H22ClNO3. The molecule has 0 aliphatic carbocycles. The van der Waals surface area contributed by atoms with Crippen LogP contribution in [0.4, 0.5) is 0 Å². The molecule has 0 spiro atoms. The minimum Gasteiger partial charge on any atom is -0.491 e. The summed E-state index contributed by atoms with van der Waals surface area (Å²) in [6.45, 7) is 4.54. The number of carbonyl (C=O) groups excluding carboxylic acids is 1. The zero-order chi connectivity index (χ0) is 17.4. The Morgan fingerprint density at radius 1 is 1.04 bits per heavy atom. The second-order valence-corrected chi connectivity index (χ2v) is 6.09. The summed E-state index contributed by atoms with van der Waals surface area (Å²) < 4.78 is 11.0. The van der Waals surface area contributed by atoms with Gasteiger partial charge in [0.15, 0.2) is 6.61 Å². The molecule has 4 nitrogen and oxygen atoms in total. The average molecular weight is 348 g/mol. The van der Waals surface area contributed by atoms with Crippen LogP contribution in [-0.4, -0.2) is 25.2 Å². The zero-order valence-electron chi connectivity index (χ0n) is 13.9. The fraction of sp³-hybridized carbons (Fsp3) is 0.316. The third-order valence-electron chi connectivity index (χ3n) is 3.21. The standard InChI is InChI=1S/C19H22ClNO3/c1-14(2)24-18-7-3-15(4-8-18)11-12-21-19(22)13-23-17-9-5-16(20)6-10-17/h3-10,14H,11-13H2,1-2H3,(H,21,22). The van der Waals surface area contributed by atoms with Crippen LogP contribution in [0.3, 0.4) is 0 Å². The fourth-order valence-corrected chi connectivity index (χ4v) is 2.21. The molecule has 0 aromatic heterocycles. The Morgan fingerprint density at radius 3 is 2.29 bits per heavy atom. The van der Waals surface area contributed by atoms with E-state index in [1.165, 1.54) is 0 Å². The van der Waals surface area contributed by atoms with Gasteiger partial charge in [0.25, 0.3) is 5.91 Å². The summed E-state index contributed by atoms with van der Waals surface area (Å²) in [6, 6.07) is 14.8. The van der Waals surface area contributed by atoms with E-state index in [1.807, 2.05) is 38.1 Å².